The lowest BCUT2D eigenvalue weighted by Gasteiger charge is -2.17. The van der Waals surface area contributed by atoms with E-state index in [1.54, 1.807) is 29.2 Å². The molecule has 0 unspecified atom stereocenters. The fraction of sp³-hybridized carbons (Fsp3) is 0.300. The summed E-state index contributed by atoms with van der Waals surface area (Å²) in [7, 11) is 0. The van der Waals surface area contributed by atoms with Gasteiger partial charge in [-0.05, 0) is 42.8 Å². The summed E-state index contributed by atoms with van der Waals surface area (Å²) in [5, 5.41) is 2.56. The van der Waals surface area contributed by atoms with Crippen LogP contribution in [0.2, 0.25) is 0 Å². The summed E-state index contributed by atoms with van der Waals surface area (Å²) in [5.74, 6) is -0.742. The standard InChI is InChI=1S/C20H21FN2O3/c1-2-11-26-16-9-7-15(8-10-16)23-13-14(12-19(23)24)20(25)22-18-6-4-3-5-17(18)21/h3-10,14H,2,11-13H2,1H3,(H,22,25)/t14-/m0/s1. The van der Waals surface area contributed by atoms with E-state index < -0.39 is 11.7 Å². The van der Waals surface area contributed by atoms with E-state index in [0.717, 1.165) is 17.9 Å². The monoisotopic (exact) mass is 356 g/mol. The van der Waals surface area contributed by atoms with Crippen molar-refractivity contribution in [3.63, 3.8) is 0 Å². The maximum atomic E-state index is 13.7. The number of ether oxygens (including phenoxy) is 1. The average molecular weight is 356 g/mol. The molecule has 6 heteroatoms. The Hall–Kier alpha value is -2.89. The molecular formula is C20H21FN2O3. The molecule has 1 aliphatic rings. The zero-order valence-corrected chi connectivity index (χ0v) is 14.6. The van der Waals surface area contributed by atoms with E-state index in [4.69, 9.17) is 4.74 Å². The molecule has 1 saturated heterocycles. The highest BCUT2D eigenvalue weighted by molar-refractivity contribution is 6.03. The van der Waals surface area contributed by atoms with Gasteiger partial charge < -0.3 is 15.0 Å². The molecule has 2 aromatic carbocycles. The normalized spacial score (nSPS) is 16.6. The second-order valence-electron chi connectivity index (χ2n) is 6.22. The molecule has 0 spiro atoms. The molecule has 26 heavy (non-hydrogen) atoms. The molecule has 136 valence electrons. The van der Waals surface area contributed by atoms with Gasteiger partial charge in [0.05, 0.1) is 18.2 Å². The fourth-order valence-electron chi connectivity index (χ4n) is 2.87. The number of hydrogen-bond acceptors (Lipinski definition) is 3. The van der Waals surface area contributed by atoms with Crippen molar-refractivity contribution in [1.29, 1.82) is 0 Å². The van der Waals surface area contributed by atoms with Gasteiger partial charge in [0.1, 0.15) is 11.6 Å². The summed E-state index contributed by atoms with van der Waals surface area (Å²) in [6.45, 7) is 2.94. The largest absolute Gasteiger partial charge is 0.494 e. The number of rotatable bonds is 6. The molecule has 3 rings (SSSR count). The number of hydrogen-bond donors (Lipinski definition) is 1. The highest BCUT2D eigenvalue weighted by atomic mass is 19.1. The molecule has 1 aliphatic heterocycles. The molecule has 0 aromatic heterocycles. The topological polar surface area (TPSA) is 58.6 Å². The quantitative estimate of drug-likeness (QED) is 0.860. The van der Waals surface area contributed by atoms with Crippen molar-refractivity contribution in [3.05, 3.63) is 54.3 Å². The molecule has 0 bridgehead atoms. The van der Waals surface area contributed by atoms with Crippen LogP contribution < -0.4 is 15.0 Å². The molecule has 1 atom stereocenters. The Kier molecular flexibility index (Phi) is 5.51. The summed E-state index contributed by atoms with van der Waals surface area (Å²) in [6.07, 6.45) is 1.03. The highest BCUT2D eigenvalue weighted by Crippen LogP contribution is 2.28. The number of carbonyl (C=O) groups is 2. The lowest BCUT2D eigenvalue weighted by atomic mass is 10.1. The number of anilines is 2. The lowest BCUT2D eigenvalue weighted by Crippen LogP contribution is -2.28. The Morgan fingerprint density at radius 1 is 1.23 bits per heavy atom. The molecule has 5 nitrogen and oxygen atoms in total. The maximum absolute atomic E-state index is 13.7. The van der Waals surface area contributed by atoms with E-state index >= 15 is 0 Å². The smallest absolute Gasteiger partial charge is 0.229 e. The Balaban J connectivity index is 1.64. The minimum absolute atomic E-state index is 0.106. The van der Waals surface area contributed by atoms with Crippen LogP contribution >= 0.6 is 0 Å². The summed E-state index contributed by atoms with van der Waals surface area (Å²) >= 11 is 0. The summed E-state index contributed by atoms with van der Waals surface area (Å²) in [4.78, 5) is 26.3. The van der Waals surface area contributed by atoms with Gasteiger partial charge in [-0.25, -0.2) is 4.39 Å². The number of nitrogens with one attached hydrogen (secondary N) is 1. The van der Waals surface area contributed by atoms with Gasteiger partial charge in [0.15, 0.2) is 0 Å². The summed E-state index contributed by atoms with van der Waals surface area (Å²) < 4.78 is 19.2. The Morgan fingerprint density at radius 2 is 1.96 bits per heavy atom. The van der Waals surface area contributed by atoms with Crippen LogP contribution in [0.15, 0.2) is 48.5 Å². The van der Waals surface area contributed by atoms with Gasteiger partial charge in [-0.3, -0.25) is 9.59 Å². The highest BCUT2D eigenvalue weighted by Gasteiger charge is 2.35. The van der Waals surface area contributed by atoms with Crippen LogP contribution in [-0.4, -0.2) is 25.0 Å². The van der Waals surface area contributed by atoms with Gasteiger partial charge in [0.2, 0.25) is 11.8 Å². The lowest BCUT2D eigenvalue weighted by molar-refractivity contribution is -0.122. The van der Waals surface area contributed by atoms with E-state index in [0.29, 0.717) is 6.61 Å². The predicted octanol–water partition coefficient (Wildman–Crippen LogP) is 3.61. The van der Waals surface area contributed by atoms with Crippen molar-refractivity contribution < 1.29 is 18.7 Å². The number of benzene rings is 2. The number of para-hydroxylation sites is 1. The Bertz CT molecular complexity index is 792. The van der Waals surface area contributed by atoms with E-state index in [-0.39, 0.29) is 30.5 Å². The second-order valence-corrected chi connectivity index (χ2v) is 6.22. The molecule has 2 aromatic rings. The number of halogens is 1. The molecule has 0 saturated carbocycles. The molecule has 1 N–H and O–H groups in total. The van der Waals surface area contributed by atoms with Gasteiger partial charge in [0, 0.05) is 18.7 Å². The first-order chi connectivity index (χ1) is 12.6. The fourth-order valence-corrected chi connectivity index (χ4v) is 2.87. The third kappa shape index (κ3) is 4.02. The van der Waals surface area contributed by atoms with E-state index in [2.05, 4.69) is 5.32 Å². The van der Waals surface area contributed by atoms with Gasteiger partial charge >= 0.3 is 0 Å². The third-order valence-electron chi connectivity index (χ3n) is 4.25. The predicted molar refractivity (Wildman–Crippen MR) is 97.7 cm³/mol. The van der Waals surface area contributed by atoms with Crippen molar-refractivity contribution in [1.82, 2.24) is 0 Å². The number of nitrogens with zero attached hydrogens (tertiary/aromatic N) is 1. The van der Waals surface area contributed by atoms with Crippen molar-refractivity contribution in [2.75, 3.05) is 23.4 Å². The van der Waals surface area contributed by atoms with Gasteiger partial charge in [-0.2, -0.15) is 0 Å². The summed E-state index contributed by atoms with van der Waals surface area (Å²) in [6, 6.07) is 13.2. The van der Waals surface area contributed by atoms with Crippen LogP contribution in [0.25, 0.3) is 0 Å². The van der Waals surface area contributed by atoms with E-state index in [1.807, 2.05) is 19.1 Å². The first-order valence-corrected chi connectivity index (χ1v) is 8.67. The van der Waals surface area contributed by atoms with Crippen molar-refractivity contribution in [2.45, 2.75) is 19.8 Å². The van der Waals surface area contributed by atoms with Crippen LogP contribution in [0.5, 0.6) is 5.75 Å². The van der Waals surface area contributed by atoms with Crippen LogP contribution in [0.3, 0.4) is 0 Å². The molecule has 2 amide bonds. The molecule has 1 fully saturated rings. The molecule has 0 aliphatic carbocycles. The Morgan fingerprint density at radius 3 is 2.65 bits per heavy atom. The maximum Gasteiger partial charge on any atom is 0.229 e. The Labute approximate surface area is 151 Å². The molecule has 0 radical (unpaired) electrons. The van der Waals surface area contributed by atoms with Crippen LogP contribution in [0.1, 0.15) is 19.8 Å². The minimum Gasteiger partial charge on any atom is -0.494 e. The van der Waals surface area contributed by atoms with Crippen molar-refractivity contribution in [2.24, 2.45) is 5.92 Å². The zero-order chi connectivity index (χ0) is 18.5. The van der Waals surface area contributed by atoms with Crippen LogP contribution in [-0.2, 0) is 9.59 Å². The SMILES string of the molecule is CCCOc1ccc(N2C[C@@H](C(=O)Nc3ccccc3F)CC2=O)cc1. The van der Waals surface area contributed by atoms with Crippen LogP contribution in [0, 0.1) is 11.7 Å². The first-order valence-electron chi connectivity index (χ1n) is 8.67. The third-order valence-corrected chi connectivity index (χ3v) is 4.25. The first kappa shape index (κ1) is 17.9. The summed E-state index contributed by atoms with van der Waals surface area (Å²) in [5.41, 5.74) is 0.848. The number of carbonyl (C=O) groups excluding carboxylic acids is 2. The van der Waals surface area contributed by atoms with Gasteiger partial charge in [-0.1, -0.05) is 19.1 Å². The second kappa shape index (κ2) is 7.99. The van der Waals surface area contributed by atoms with Crippen molar-refractivity contribution >= 4 is 23.2 Å². The van der Waals surface area contributed by atoms with Crippen LogP contribution in [0.4, 0.5) is 15.8 Å². The number of amides is 2. The average Bonchev–Trinajstić information content (AvgIpc) is 3.04. The van der Waals surface area contributed by atoms with Gasteiger partial charge in [-0.15, -0.1) is 0 Å². The van der Waals surface area contributed by atoms with E-state index in [9.17, 15) is 14.0 Å². The van der Waals surface area contributed by atoms with Crippen molar-refractivity contribution in [3.8, 4) is 5.75 Å². The van der Waals surface area contributed by atoms with E-state index in [1.165, 1.54) is 12.1 Å². The molecular weight excluding hydrogens is 335 g/mol. The molecule has 1 heterocycles. The zero-order valence-electron chi connectivity index (χ0n) is 14.6. The van der Waals surface area contributed by atoms with Gasteiger partial charge in [0.25, 0.3) is 0 Å². The minimum atomic E-state index is -0.516.